The van der Waals surface area contributed by atoms with Crippen molar-refractivity contribution in [2.45, 2.75) is 45.8 Å². The van der Waals surface area contributed by atoms with Crippen LogP contribution in [-0.2, 0) is 4.74 Å². The molecule has 0 aromatic heterocycles. The van der Waals surface area contributed by atoms with Crippen molar-refractivity contribution >= 4 is 21.8 Å². The summed E-state index contributed by atoms with van der Waals surface area (Å²) < 4.78 is 152. The van der Waals surface area contributed by atoms with E-state index >= 15 is 0 Å². The van der Waals surface area contributed by atoms with E-state index in [0.29, 0.717) is 5.54 Å². The van der Waals surface area contributed by atoms with Gasteiger partial charge in [0.1, 0.15) is 0 Å². The minimum absolute atomic E-state index is 0.340. The summed E-state index contributed by atoms with van der Waals surface area (Å²) in [6.07, 6.45) is 2.72. The summed E-state index contributed by atoms with van der Waals surface area (Å²) in [5.74, 6) is 0. The van der Waals surface area contributed by atoms with Crippen LogP contribution in [-0.4, -0.2) is 65.4 Å². The molecule has 0 unspecified atom stereocenters. The Labute approximate surface area is 170 Å². The minimum Gasteiger partial charge on any atom is -0.418 e. The molecule has 0 N–H and O–H groups in total. The third-order valence-electron chi connectivity index (χ3n) is 3.22. The molecule has 1 aliphatic rings. The van der Waals surface area contributed by atoms with Crippen molar-refractivity contribution in [1.29, 1.82) is 0 Å². The number of nitrogens with zero attached hydrogens (tertiary/aromatic N) is 1. The summed E-state index contributed by atoms with van der Waals surface area (Å²) in [6, 6.07) is 0. The maximum absolute atomic E-state index is 9.75. The Bertz CT molecular complexity index is 367. The monoisotopic (exact) mass is 503 g/mol. The molecule has 31 heavy (non-hydrogen) atoms. The van der Waals surface area contributed by atoms with Crippen LogP contribution >= 0.6 is 0 Å². The van der Waals surface area contributed by atoms with Crippen LogP contribution in [0.3, 0.4) is 0 Å². The quantitative estimate of drug-likeness (QED) is 0.223. The number of quaternary nitrogens is 1. The molecule has 20 heteroatoms. The largest absolute Gasteiger partial charge is 0.673 e. The van der Waals surface area contributed by atoms with Crippen LogP contribution in [0.15, 0.2) is 0 Å². The lowest BCUT2D eigenvalue weighted by atomic mass is 10.0. The number of ether oxygens (including phenoxy) is 1. The van der Waals surface area contributed by atoms with Crippen molar-refractivity contribution in [2.75, 3.05) is 26.9 Å². The van der Waals surface area contributed by atoms with Gasteiger partial charge in [-0.2, -0.15) is 13.2 Å². The van der Waals surface area contributed by atoms with Crippen LogP contribution in [0.25, 0.3) is 0 Å². The highest BCUT2D eigenvalue weighted by molar-refractivity contribution is 6.50. The summed E-state index contributed by atoms with van der Waals surface area (Å²) >= 11 is 0. The first-order valence-electron chi connectivity index (χ1n) is 8.14. The zero-order chi connectivity index (χ0) is 26.3. The Morgan fingerprint density at radius 2 is 0.871 bits per heavy atom. The van der Waals surface area contributed by atoms with Crippen molar-refractivity contribution < 1.29 is 74.2 Å². The molecule has 0 spiro atoms. The van der Waals surface area contributed by atoms with Crippen LogP contribution in [0.4, 0.5) is 65.0 Å². The topological polar surface area (TPSA) is 9.23 Å². The Morgan fingerprint density at radius 3 is 1.00 bits per heavy atom. The van der Waals surface area contributed by atoms with Gasteiger partial charge in [0, 0.05) is 20.0 Å². The van der Waals surface area contributed by atoms with Gasteiger partial charge < -0.3 is 56.5 Å². The molecule has 0 aliphatic carbocycles. The van der Waals surface area contributed by atoms with E-state index in [-0.39, 0.29) is 0 Å². The average molecular weight is 503 g/mol. The van der Waals surface area contributed by atoms with Crippen LogP contribution in [0.1, 0.15) is 33.6 Å². The van der Waals surface area contributed by atoms with Crippen LogP contribution in [0.5, 0.6) is 0 Å². The van der Waals surface area contributed by atoms with E-state index in [0.717, 1.165) is 11.2 Å². The van der Waals surface area contributed by atoms with Gasteiger partial charge in [-0.15, -0.1) is 0 Å². The highest BCUT2D eigenvalue weighted by Crippen LogP contribution is 2.30. The second kappa shape index (κ2) is 15.8. The molecular formula is C11H23B3F15NO-2. The Balaban J connectivity index is -0.000000163. The molecule has 0 amide bonds. The summed E-state index contributed by atoms with van der Waals surface area (Å²) in [4.78, 5) is 0. The average Bonchev–Trinajstić information content (AvgIpc) is 2.81. The Hall–Kier alpha value is -0.935. The Kier molecular flexibility index (Phi) is 19.1. The number of methoxy groups -OCH3 is 1. The highest BCUT2D eigenvalue weighted by atomic mass is 19.5. The Morgan fingerprint density at radius 1 is 0.677 bits per heavy atom. The summed E-state index contributed by atoms with van der Waals surface area (Å²) in [6.45, 7) is 6.74. The number of rotatable bonds is 2. The van der Waals surface area contributed by atoms with Gasteiger partial charge in [-0.1, -0.05) is 0 Å². The molecule has 1 heterocycles. The number of halogens is 15. The standard InChI is InChI=1S/C10H22NO.CHF3.3BF4/c1-10(2,3)11(9-12-4)7-5-6-8-11;2-1(3)4;3*2-1(3,4)5/h5-9H2,1-4H3;1H;;;/q+1;;3*-1. The fraction of sp³-hybridized carbons (Fsp3) is 1.00. The summed E-state index contributed by atoms with van der Waals surface area (Å²) in [5, 5.41) is 0. The zero-order valence-electron chi connectivity index (χ0n) is 16.9. The number of alkyl halides is 3. The normalized spacial score (nSPS) is 15.9. The fourth-order valence-corrected chi connectivity index (χ4v) is 2.18. The van der Waals surface area contributed by atoms with Gasteiger partial charge in [-0.25, -0.2) is 0 Å². The number of hydrogen-bond acceptors (Lipinski definition) is 1. The number of likely N-dealkylation sites (tertiary alicyclic amines) is 1. The minimum atomic E-state index is -6.00. The first kappa shape index (κ1) is 37.4. The van der Waals surface area contributed by atoms with E-state index in [1.165, 1.54) is 25.9 Å². The smallest absolute Gasteiger partial charge is 0.418 e. The van der Waals surface area contributed by atoms with Gasteiger partial charge in [0.25, 0.3) is 0 Å². The van der Waals surface area contributed by atoms with Crippen LogP contribution in [0.2, 0.25) is 0 Å². The molecule has 0 aromatic carbocycles. The lowest BCUT2D eigenvalue weighted by molar-refractivity contribution is -0.976. The molecule has 0 radical (unpaired) electrons. The van der Waals surface area contributed by atoms with Gasteiger partial charge >= 0.3 is 28.4 Å². The molecule has 0 atom stereocenters. The molecule has 1 aliphatic heterocycles. The maximum Gasteiger partial charge on any atom is 0.673 e. The fourth-order valence-electron chi connectivity index (χ4n) is 2.18. The second-order valence-corrected chi connectivity index (χ2v) is 6.62. The molecular weight excluding hydrogens is 480 g/mol. The molecule has 0 aromatic rings. The molecule has 194 valence electrons. The van der Waals surface area contributed by atoms with Gasteiger partial charge in [0.05, 0.1) is 18.6 Å². The van der Waals surface area contributed by atoms with Crippen molar-refractivity contribution in [2.24, 2.45) is 0 Å². The van der Waals surface area contributed by atoms with Crippen molar-refractivity contribution in [1.82, 2.24) is 0 Å². The molecule has 1 saturated heterocycles. The SMILES string of the molecule is COC[N+]1(C(C)(C)C)CCCC1.FC(F)F.F[B-](F)(F)F.F[B-](F)(F)F.F[B-](F)(F)F. The summed E-state index contributed by atoms with van der Waals surface area (Å²) in [7, 11) is -16.2. The van der Waals surface area contributed by atoms with Crippen molar-refractivity contribution in [3.05, 3.63) is 0 Å². The van der Waals surface area contributed by atoms with E-state index < -0.39 is 28.4 Å². The van der Waals surface area contributed by atoms with Gasteiger partial charge in [0.2, 0.25) is 0 Å². The predicted molar refractivity (Wildman–Crippen MR) is 88.5 cm³/mol. The van der Waals surface area contributed by atoms with E-state index in [2.05, 4.69) is 20.8 Å². The molecule has 2 nitrogen and oxygen atoms in total. The lowest BCUT2D eigenvalue weighted by Crippen LogP contribution is -2.59. The number of hydrogen-bond donors (Lipinski definition) is 0. The van der Waals surface area contributed by atoms with E-state index in [1.807, 2.05) is 7.11 Å². The van der Waals surface area contributed by atoms with Gasteiger partial charge in [-0.3, -0.25) is 4.48 Å². The van der Waals surface area contributed by atoms with Crippen molar-refractivity contribution in [3.63, 3.8) is 0 Å². The molecule has 1 fully saturated rings. The third-order valence-corrected chi connectivity index (χ3v) is 3.22. The van der Waals surface area contributed by atoms with E-state index in [1.54, 1.807) is 0 Å². The van der Waals surface area contributed by atoms with E-state index in [4.69, 9.17) is 4.74 Å². The zero-order valence-corrected chi connectivity index (χ0v) is 16.9. The first-order chi connectivity index (χ1) is 13.2. The maximum atomic E-state index is 9.75. The first-order valence-corrected chi connectivity index (χ1v) is 8.14. The highest BCUT2D eigenvalue weighted by Gasteiger charge is 2.42. The van der Waals surface area contributed by atoms with Crippen molar-refractivity contribution in [3.8, 4) is 0 Å². The van der Waals surface area contributed by atoms with E-state index in [9.17, 15) is 65.0 Å². The van der Waals surface area contributed by atoms with Crippen LogP contribution < -0.4 is 0 Å². The van der Waals surface area contributed by atoms with Gasteiger partial charge in [0.15, 0.2) is 6.73 Å². The lowest BCUT2D eigenvalue weighted by Gasteiger charge is -2.44. The molecule has 0 bridgehead atoms. The third kappa shape index (κ3) is 48.0. The molecule has 0 saturated carbocycles. The predicted octanol–water partition coefficient (Wildman–Crippen LogP) is 7.08. The molecule has 1 rings (SSSR count). The van der Waals surface area contributed by atoms with Crippen LogP contribution in [0, 0.1) is 0 Å². The second-order valence-electron chi connectivity index (χ2n) is 6.62. The van der Waals surface area contributed by atoms with Gasteiger partial charge in [-0.05, 0) is 20.8 Å². The summed E-state index contributed by atoms with van der Waals surface area (Å²) in [5.41, 5.74) is 0.340.